The molecule has 0 aliphatic carbocycles. The van der Waals surface area contributed by atoms with Crippen LogP contribution in [0.15, 0.2) is 36.4 Å². The van der Waals surface area contributed by atoms with Crippen molar-refractivity contribution < 1.29 is 18.9 Å². The molecular weight excluding hydrogens is 496 g/mol. The van der Waals surface area contributed by atoms with Crippen molar-refractivity contribution in [2.75, 3.05) is 48.6 Å². The quantitative estimate of drug-likeness (QED) is 0.319. The summed E-state index contributed by atoms with van der Waals surface area (Å²) in [6.45, 7) is 5.93. The maximum Gasteiger partial charge on any atom is 0.161 e. The van der Waals surface area contributed by atoms with Crippen LogP contribution in [-0.4, -0.2) is 58.3 Å². The van der Waals surface area contributed by atoms with E-state index in [0.29, 0.717) is 11.5 Å². The summed E-state index contributed by atoms with van der Waals surface area (Å²) >= 11 is 3.89. The van der Waals surface area contributed by atoms with Gasteiger partial charge in [-0.1, -0.05) is 41.9 Å². The van der Waals surface area contributed by atoms with Crippen LogP contribution in [0.25, 0.3) is 0 Å². The van der Waals surface area contributed by atoms with E-state index in [-0.39, 0.29) is 10.7 Å². The largest absolute Gasteiger partial charge is 0.493 e. The van der Waals surface area contributed by atoms with Crippen molar-refractivity contribution in [1.29, 1.82) is 5.26 Å². The van der Waals surface area contributed by atoms with E-state index in [1.165, 1.54) is 5.56 Å². The Labute approximate surface area is 212 Å². The predicted octanol–water partition coefficient (Wildman–Crippen LogP) is 5.47. The third kappa shape index (κ3) is 6.17. The zero-order valence-electron chi connectivity index (χ0n) is 21.4. The second kappa shape index (κ2) is 12.9. The summed E-state index contributed by atoms with van der Waals surface area (Å²) in [6.07, 6.45) is 1.72. The minimum absolute atomic E-state index is 0.0355. The fraction of sp³-hybridized carbons (Fsp3) is 0.519. The Morgan fingerprint density at radius 2 is 1.44 bits per heavy atom. The predicted molar refractivity (Wildman–Crippen MR) is 140 cm³/mol. The van der Waals surface area contributed by atoms with Crippen molar-refractivity contribution >= 4 is 15.9 Å². The molecule has 34 heavy (non-hydrogen) atoms. The van der Waals surface area contributed by atoms with Crippen LogP contribution in [0.5, 0.6) is 23.0 Å². The Morgan fingerprint density at radius 3 is 1.97 bits per heavy atom. The van der Waals surface area contributed by atoms with Crippen LogP contribution in [0.2, 0.25) is 0 Å². The Kier molecular flexibility index (Phi) is 10.5. The second-order valence-corrected chi connectivity index (χ2v) is 9.81. The third-order valence-corrected chi connectivity index (χ3v) is 7.63. The molecule has 0 N–H and O–H groups in total. The first kappa shape index (κ1) is 27.8. The lowest BCUT2D eigenvalue weighted by Gasteiger charge is -2.37. The first-order valence-corrected chi connectivity index (χ1v) is 12.4. The molecule has 0 saturated heterocycles. The fourth-order valence-electron chi connectivity index (χ4n) is 4.26. The molecule has 0 spiro atoms. The zero-order valence-corrected chi connectivity index (χ0v) is 22.9. The normalized spacial score (nSPS) is 13.8. The molecular formula is C27H37BrN2O4. The summed E-state index contributed by atoms with van der Waals surface area (Å²) in [5, 5.41) is 10.4. The number of hydrogen-bond donors (Lipinski definition) is 0. The number of nitrogens with zero attached hydrogens (tertiary/aromatic N) is 2. The maximum atomic E-state index is 10.4. The van der Waals surface area contributed by atoms with Crippen LogP contribution in [-0.2, 0) is 11.8 Å². The van der Waals surface area contributed by atoms with E-state index >= 15 is 0 Å². The highest BCUT2D eigenvalue weighted by molar-refractivity contribution is 9.09. The SMILES string of the molecule is COc1ccc(CCN(C)CCC(Br)C(C#N)(c2ccc(OC)c(OC)c2)C(C)C)cc1OC. The van der Waals surface area contributed by atoms with Crippen LogP contribution in [0.4, 0.5) is 0 Å². The zero-order chi connectivity index (χ0) is 25.3. The van der Waals surface area contributed by atoms with Gasteiger partial charge in [0.2, 0.25) is 0 Å². The molecule has 0 radical (unpaired) electrons. The second-order valence-electron chi connectivity index (χ2n) is 8.70. The number of ether oxygens (including phenoxy) is 4. The molecule has 0 saturated carbocycles. The third-order valence-electron chi connectivity index (χ3n) is 6.45. The van der Waals surface area contributed by atoms with Crippen molar-refractivity contribution in [3.05, 3.63) is 47.5 Å². The van der Waals surface area contributed by atoms with Crippen molar-refractivity contribution in [2.24, 2.45) is 5.92 Å². The molecule has 186 valence electrons. The Balaban J connectivity index is 2.10. The van der Waals surface area contributed by atoms with Crippen molar-refractivity contribution in [1.82, 2.24) is 4.90 Å². The van der Waals surface area contributed by atoms with E-state index in [1.807, 2.05) is 30.3 Å². The summed E-state index contributed by atoms with van der Waals surface area (Å²) < 4.78 is 21.6. The molecule has 0 aliphatic rings. The van der Waals surface area contributed by atoms with Crippen LogP contribution in [0.3, 0.4) is 0 Å². The first-order chi connectivity index (χ1) is 16.3. The molecule has 2 atom stereocenters. The van der Waals surface area contributed by atoms with E-state index in [1.54, 1.807) is 28.4 Å². The highest BCUT2D eigenvalue weighted by atomic mass is 79.9. The number of halogens is 1. The molecule has 2 aromatic rings. The highest BCUT2D eigenvalue weighted by Gasteiger charge is 2.43. The molecule has 2 aromatic carbocycles. The smallest absolute Gasteiger partial charge is 0.161 e. The van der Waals surface area contributed by atoms with Crippen LogP contribution in [0, 0.1) is 17.2 Å². The fourth-order valence-corrected chi connectivity index (χ4v) is 5.36. The summed E-state index contributed by atoms with van der Waals surface area (Å²) in [4.78, 5) is 2.26. The van der Waals surface area contributed by atoms with Gasteiger partial charge in [0.15, 0.2) is 23.0 Å². The molecule has 2 rings (SSSR count). The van der Waals surface area contributed by atoms with Gasteiger partial charge in [-0.3, -0.25) is 0 Å². The van der Waals surface area contributed by atoms with Crippen LogP contribution >= 0.6 is 15.9 Å². The minimum Gasteiger partial charge on any atom is -0.493 e. The molecule has 0 aromatic heterocycles. The highest BCUT2D eigenvalue weighted by Crippen LogP contribution is 2.43. The molecule has 0 heterocycles. The van der Waals surface area contributed by atoms with Crippen LogP contribution < -0.4 is 18.9 Å². The monoisotopic (exact) mass is 532 g/mol. The van der Waals surface area contributed by atoms with Crippen molar-refractivity contribution in [3.63, 3.8) is 0 Å². The number of nitriles is 1. The average Bonchev–Trinajstić information content (AvgIpc) is 2.86. The van der Waals surface area contributed by atoms with Gasteiger partial charge in [0.05, 0.1) is 39.9 Å². The van der Waals surface area contributed by atoms with Gasteiger partial charge >= 0.3 is 0 Å². The van der Waals surface area contributed by atoms with Crippen molar-refractivity contribution in [3.8, 4) is 29.1 Å². The molecule has 0 bridgehead atoms. The van der Waals surface area contributed by atoms with Gasteiger partial charge in [0.25, 0.3) is 0 Å². The van der Waals surface area contributed by atoms with Gasteiger partial charge < -0.3 is 23.8 Å². The van der Waals surface area contributed by atoms with Gasteiger partial charge in [0, 0.05) is 11.4 Å². The number of benzene rings is 2. The number of rotatable bonds is 13. The lowest BCUT2D eigenvalue weighted by Crippen LogP contribution is -2.41. The number of hydrogen-bond acceptors (Lipinski definition) is 6. The van der Waals surface area contributed by atoms with Gasteiger partial charge in [-0.15, -0.1) is 0 Å². The minimum atomic E-state index is -0.705. The molecule has 6 nitrogen and oxygen atoms in total. The molecule has 0 aliphatic heterocycles. The van der Waals surface area contributed by atoms with E-state index in [4.69, 9.17) is 18.9 Å². The van der Waals surface area contributed by atoms with Gasteiger partial charge in [-0.25, -0.2) is 0 Å². The van der Waals surface area contributed by atoms with Gasteiger partial charge in [-0.2, -0.15) is 5.26 Å². The Hall–Kier alpha value is -2.43. The number of alkyl halides is 1. The lowest BCUT2D eigenvalue weighted by molar-refractivity contribution is 0.301. The van der Waals surface area contributed by atoms with Crippen molar-refractivity contribution in [2.45, 2.75) is 36.9 Å². The summed E-state index contributed by atoms with van der Waals surface area (Å²) in [6, 6.07) is 14.4. The van der Waals surface area contributed by atoms with Gasteiger partial charge in [0.1, 0.15) is 0 Å². The molecule has 7 heteroatoms. The molecule has 2 unspecified atom stereocenters. The Bertz CT molecular complexity index is 976. The number of likely N-dealkylation sites (N-methyl/N-ethyl adjacent to an activating group) is 1. The Morgan fingerprint density at radius 1 is 0.882 bits per heavy atom. The number of methoxy groups -OCH3 is 4. The van der Waals surface area contributed by atoms with E-state index in [0.717, 1.165) is 43.0 Å². The van der Waals surface area contributed by atoms with E-state index < -0.39 is 5.41 Å². The summed E-state index contributed by atoms with van der Waals surface area (Å²) in [5.74, 6) is 2.86. The first-order valence-electron chi connectivity index (χ1n) is 11.4. The lowest BCUT2D eigenvalue weighted by atomic mass is 9.69. The van der Waals surface area contributed by atoms with E-state index in [9.17, 15) is 5.26 Å². The molecule has 0 fully saturated rings. The summed E-state index contributed by atoms with van der Waals surface area (Å²) in [7, 11) is 8.63. The summed E-state index contributed by atoms with van der Waals surface area (Å²) in [5.41, 5.74) is 1.42. The maximum absolute atomic E-state index is 10.4. The topological polar surface area (TPSA) is 64.0 Å². The van der Waals surface area contributed by atoms with E-state index in [2.05, 4.69) is 53.9 Å². The van der Waals surface area contributed by atoms with Gasteiger partial charge in [-0.05, 0) is 67.7 Å². The standard InChI is InChI=1S/C27H37BrN2O4/c1-19(2)27(18-29,21-9-11-23(32-5)25(17-21)34-7)26(28)13-15-30(3)14-12-20-8-10-22(31-4)24(16-20)33-6/h8-11,16-17,19,26H,12-15H2,1-7H3. The average molecular weight is 534 g/mol. The van der Waals surface area contributed by atoms with Crippen LogP contribution in [0.1, 0.15) is 31.4 Å². The molecule has 0 amide bonds.